The molecule has 4 rings (SSSR count). The van der Waals surface area contributed by atoms with E-state index >= 15 is 0 Å². The maximum absolute atomic E-state index is 12.1. The Labute approximate surface area is 150 Å². The van der Waals surface area contributed by atoms with Crippen LogP contribution in [-0.4, -0.2) is 16.5 Å². The van der Waals surface area contributed by atoms with Gasteiger partial charge in [-0.25, -0.2) is 0 Å². The van der Waals surface area contributed by atoms with Crippen LogP contribution < -0.4 is 4.74 Å². The van der Waals surface area contributed by atoms with Crippen LogP contribution >= 0.6 is 0 Å². The molecule has 1 saturated carbocycles. The summed E-state index contributed by atoms with van der Waals surface area (Å²) in [6.45, 7) is 4.25. The first kappa shape index (κ1) is 16.7. The van der Waals surface area contributed by atoms with Crippen LogP contribution in [0.5, 0.6) is 11.5 Å². The van der Waals surface area contributed by atoms with Crippen molar-refractivity contribution in [2.75, 3.05) is 0 Å². The van der Waals surface area contributed by atoms with Gasteiger partial charge in [-0.15, -0.1) is 0 Å². The van der Waals surface area contributed by atoms with Crippen LogP contribution in [0.2, 0.25) is 0 Å². The van der Waals surface area contributed by atoms with Gasteiger partial charge in [-0.2, -0.15) is 0 Å². The van der Waals surface area contributed by atoms with E-state index in [0.717, 1.165) is 36.1 Å². The molecule has 0 aromatic heterocycles. The van der Waals surface area contributed by atoms with Gasteiger partial charge in [-0.1, -0.05) is 18.6 Å². The number of phenolic OH excluding ortho intramolecular Hbond substituents is 1. The molecule has 0 bridgehead atoms. The van der Waals surface area contributed by atoms with E-state index in [1.807, 2.05) is 6.07 Å². The number of aromatic hydroxyl groups is 1. The summed E-state index contributed by atoms with van der Waals surface area (Å²) in [5, 5.41) is 10.8. The number of Topliss-reactive ketones (excluding diaryl/α,β-unsaturated/α-hetero) is 1. The molecular weight excluding hydrogens is 312 g/mol. The number of allylic oxidation sites excluding steroid dienone is 2. The fraction of sp³-hybridized carbons (Fsp3) is 0.591. The molecule has 0 saturated heterocycles. The highest BCUT2D eigenvalue weighted by atomic mass is 16.5. The van der Waals surface area contributed by atoms with Gasteiger partial charge >= 0.3 is 0 Å². The minimum Gasteiger partial charge on any atom is -0.508 e. The lowest BCUT2D eigenvalue weighted by atomic mass is 9.66. The largest absolute Gasteiger partial charge is 0.508 e. The van der Waals surface area contributed by atoms with Crippen LogP contribution in [0.15, 0.2) is 24.3 Å². The van der Waals surface area contributed by atoms with Gasteiger partial charge in [0.15, 0.2) is 0 Å². The number of carbonyl (C=O) groups is 1. The highest BCUT2D eigenvalue weighted by molar-refractivity contribution is 5.81. The van der Waals surface area contributed by atoms with Gasteiger partial charge in [-0.05, 0) is 57.2 Å². The van der Waals surface area contributed by atoms with Crippen molar-refractivity contribution in [1.29, 1.82) is 0 Å². The first-order valence-corrected chi connectivity index (χ1v) is 9.70. The average Bonchev–Trinajstić information content (AvgIpc) is 2.82. The standard InChI is InChI=1S/C22H28O3/c1-22(2)18-10-9-16(23)13-17(18)21-19(24)11-15(12-20(21)25-22)14-7-5-3-4-6-8-14/h5,7,11-12,14,17-18,24H,3-4,6,8-10,13H2,1-2H3/t14?,17-,18-/m0/s1. The number of rotatable bonds is 1. The molecule has 0 spiro atoms. The van der Waals surface area contributed by atoms with Crippen LogP contribution in [0.3, 0.4) is 0 Å². The molecule has 3 aliphatic rings. The Balaban J connectivity index is 1.76. The van der Waals surface area contributed by atoms with Crippen LogP contribution in [0.4, 0.5) is 0 Å². The van der Waals surface area contributed by atoms with Crippen molar-refractivity contribution in [2.45, 2.75) is 76.2 Å². The first-order chi connectivity index (χ1) is 12.0. The molecule has 1 unspecified atom stereocenters. The third-order valence-electron chi connectivity index (χ3n) is 6.38. The van der Waals surface area contributed by atoms with Crippen molar-refractivity contribution in [2.24, 2.45) is 5.92 Å². The Morgan fingerprint density at radius 2 is 2.04 bits per heavy atom. The van der Waals surface area contributed by atoms with Crippen LogP contribution in [0, 0.1) is 5.92 Å². The maximum atomic E-state index is 12.1. The summed E-state index contributed by atoms with van der Waals surface area (Å²) in [7, 11) is 0. The summed E-state index contributed by atoms with van der Waals surface area (Å²) in [5.74, 6) is 2.11. The second-order valence-electron chi connectivity index (χ2n) is 8.47. The van der Waals surface area contributed by atoms with Crippen molar-refractivity contribution in [3.05, 3.63) is 35.4 Å². The van der Waals surface area contributed by atoms with Gasteiger partial charge in [0.25, 0.3) is 0 Å². The van der Waals surface area contributed by atoms with E-state index in [1.54, 1.807) is 0 Å². The highest BCUT2D eigenvalue weighted by Gasteiger charge is 2.47. The zero-order chi connectivity index (χ0) is 17.6. The number of hydrogen-bond donors (Lipinski definition) is 1. The molecule has 1 aromatic rings. The summed E-state index contributed by atoms with van der Waals surface area (Å²) in [4.78, 5) is 12.1. The fourth-order valence-electron chi connectivity index (χ4n) is 5.07. The number of hydrogen-bond acceptors (Lipinski definition) is 3. The first-order valence-electron chi connectivity index (χ1n) is 9.70. The third kappa shape index (κ3) is 2.98. The van der Waals surface area contributed by atoms with Gasteiger partial charge in [0.1, 0.15) is 22.9 Å². The normalized spacial score (nSPS) is 30.8. The van der Waals surface area contributed by atoms with Gasteiger partial charge in [0.2, 0.25) is 0 Å². The van der Waals surface area contributed by atoms with E-state index in [9.17, 15) is 9.90 Å². The van der Waals surface area contributed by atoms with Crippen LogP contribution in [0.1, 0.15) is 81.8 Å². The minimum absolute atomic E-state index is 0.0822. The van der Waals surface area contributed by atoms with E-state index in [2.05, 4.69) is 32.1 Å². The molecule has 1 aromatic carbocycles. The van der Waals surface area contributed by atoms with E-state index in [-0.39, 0.29) is 17.4 Å². The van der Waals surface area contributed by atoms with Gasteiger partial charge in [0, 0.05) is 36.2 Å². The fourth-order valence-corrected chi connectivity index (χ4v) is 5.07. The summed E-state index contributed by atoms with van der Waals surface area (Å²) in [6, 6.07) is 4.03. The SMILES string of the molecule is CC1(C)Oc2cc(C3C=CCCCC3)cc(O)c2[C@H]2CC(=O)CC[C@@H]21. The lowest BCUT2D eigenvalue weighted by molar-refractivity contribution is -0.124. The minimum atomic E-state index is -0.303. The Kier molecular flexibility index (Phi) is 4.13. The molecule has 1 fully saturated rings. The topological polar surface area (TPSA) is 46.5 Å². The van der Waals surface area contributed by atoms with Gasteiger partial charge in [0.05, 0.1) is 0 Å². The van der Waals surface area contributed by atoms with E-state index < -0.39 is 0 Å². The second-order valence-corrected chi connectivity index (χ2v) is 8.47. The van der Waals surface area contributed by atoms with E-state index in [0.29, 0.717) is 30.3 Å². The molecule has 2 aliphatic carbocycles. The summed E-state index contributed by atoms with van der Waals surface area (Å²) < 4.78 is 6.37. The molecule has 1 N–H and O–H groups in total. The average molecular weight is 340 g/mol. The van der Waals surface area contributed by atoms with Crippen molar-refractivity contribution < 1.29 is 14.6 Å². The number of ether oxygens (including phenoxy) is 1. The molecule has 0 radical (unpaired) electrons. The van der Waals surface area contributed by atoms with Crippen molar-refractivity contribution in [1.82, 2.24) is 0 Å². The molecular formula is C22H28O3. The summed E-state index contributed by atoms with van der Waals surface area (Å²) in [6.07, 6.45) is 11.2. The Morgan fingerprint density at radius 3 is 2.88 bits per heavy atom. The van der Waals surface area contributed by atoms with Gasteiger partial charge < -0.3 is 9.84 Å². The lowest BCUT2D eigenvalue weighted by Gasteiger charge is -2.47. The second kappa shape index (κ2) is 6.19. The Hall–Kier alpha value is -1.77. The molecule has 25 heavy (non-hydrogen) atoms. The number of carbonyl (C=O) groups excluding carboxylic acids is 1. The molecule has 3 heteroatoms. The monoisotopic (exact) mass is 340 g/mol. The molecule has 3 nitrogen and oxygen atoms in total. The van der Waals surface area contributed by atoms with Crippen molar-refractivity contribution in [3.8, 4) is 11.5 Å². The summed E-state index contributed by atoms with van der Waals surface area (Å²) in [5.41, 5.74) is 1.69. The number of fused-ring (bicyclic) bond motifs is 3. The predicted molar refractivity (Wildman–Crippen MR) is 98.3 cm³/mol. The Morgan fingerprint density at radius 1 is 1.20 bits per heavy atom. The van der Waals surface area contributed by atoms with Crippen LogP contribution in [0.25, 0.3) is 0 Å². The zero-order valence-corrected chi connectivity index (χ0v) is 15.3. The molecule has 3 atom stereocenters. The van der Waals surface area contributed by atoms with Crippen molar-refractivity contribution >= 4 is 5.78 Å². The number of phenols is 1. The third-order valence-corrected chi connectivity index (χ3v) is 6.38. The lowest BCUT2D eigenvalue weighted by Crippen LogP contribution is -2.47. The number of benzene rings is 1. The zero-order valence-electron chi connectivity index (χ0n) is 15.3. The quantitative estimate of drug-likeness (QED) is 0.712. The molecule has 1 heterocycles. The van der Waals surface area contributed by atoms with Crippen molar-refractivity contribution in [3.63, 3.8) is 0 Å². The van der Waals surface area contributed by atoms with E-state index in [4.69, 9.17) is 4.74 Å². The van der Waals surface area contributed by atoms with Crippen LogP contribution in [-0.2, 0) is 4.79 Å². The summed E-state index contributed by atoms with van der Waals surface area (Å²) >= 11 is 0. The number of ketones is 1. The predicted octanol–water partition coefficient (Wildman–Crippen LogP) is 5.23. The molecule has 1 aliphatic heterocycles. The maximum Gasteiger partial charge on any atom is 0.133 e. The van der Waals surface area contributed by atoms with E-state index in [1.165, 1.54) is 12.8 Å². The highest BCUT2D eigenvalue weighted by Crippen LogP contribution is 2.54. The molecule has 134 valence electrons. The molecule has 0 amide bonds. The van der Waals surface area contributed by atoms with Gasteiger partial charge in [-0.3, -0.25) is 4.79 Å². The smallest absolute Gasteiger partial charge is 0.133 e. The Bertz CT molecular complexity index is 716.